The molecule has 0 aromatic rings. The molecule has 100 valence electrons. The van der Waals surface area contributed by atoms with E-state index < -0.39 is 12.2 Å². The smallest absolute Gasteiger partial charge is 0.303 e. The predicted molar refractivity (Wildman–Crippen MR) is 67.8 cm³/mol. The Balaban J connectivity index is 3.02. The van der Waals surface area contributed by atoms with Crippen LogP contribution in [0.1, 0.15) is 34.1 Å². The number of rotatable bonds is 3. The number of hydrogen-bond donors (Lipinski definition) is 0. The van der Waals surface area contributed by atoms with Gasteiger partial charge in [0.05, 0.1) is 0 Å². The van der Waals surface area contributed by atoms with Gasteiger partial charge in [-0.05, 0) is 25.8 Å². The molecule has 0 N–H and O–H groups in total. The third kappa shape index (κ3) is 3.45. The Labute approximate surface area is 108 Å². The van der Waals surface area contributed by atoms with E-state index in [1.54, 1.807) is 0 Å². The molecule has 0 fully saturated rings. The number of carbonyl (C=O) groups excluding carboxylic acids is 2. The van der Waals surface area contributed by atoms with Crippen LogP contribution in [0.2, 0.25) is 0 Å². The summed E-state index contributed by atoms with van der Waals surface area (Å²) in [4.78, 5) is 22.4. The lowest BCUT2D eigenvalue weighted by molar-refractivity contribution is -0.166. The fourth-order valence-corrected chi connectivity index (χ4v) is 2.19. The molecule has 0 spiro atoms. The molecule has 18 heavy (non-hydrogen) atoms. The fraction of sp³-hybridized carbons (Fsp3) is 0.571. The van der Waals surface area contributed by atoms with Crippen LogP contribution in [-0.4, -0.2) is 24.1 Å². The number of allylic oxidation sites excluding steroid dienone is 1. The van der Waals surface area contributed by atoms with Gasteiger partial charge in [-0.1, -0.05) is 18.2 Å². The van der Waals surface area contributed by atoms with Gasteiger partial charge in [0, 0.05) is 19.8 Å². The molecule has 1 aliphatic carbocycles. The highest BCUT2D eigenvalue weighted by Gasteiger charge is 2.38. The minimum Gasteiger partial charge on any atom is -0.458 e. The molecule has 0 aliphatic heterocycles. The second-order valence-electron chi connectivity index (χ2n) is 4.74. The summed E-state index contributed by atoms with van der Waals surface area (Å²) in [6.07, 6.45) is 1.76. The van der Waals surface area contributed by atoms with Gasteiger partial charge >= 0.3 is 11.9 Å². The van der Waals surface area contributed by atoms with E-state index in [2.05, 4.69) is 6.58 Å². The molecule has 0 saturated heterocycles. The van der Waals surface area contributed by atoms with Crippen LogP contribution in [0.5, 0.6) is 0 Å². The van der Waals surface area contributed by atoms with E-state index in [4.69, 9.17) is 9.47 Å². The van der Waals surface area contributed by atoms with Crippen molar-refractivity contribution in [2.75, 3.05) is 0 Å². The van der Waals surface area contributed by atoms with Crippen molar-refractivity contribution in [1.29, 1.82) is 0 Å². The van der Waals surface area contributed by atoms with Crippen LogP contribution in [0.15, 0.2) is 23.8 Å². The van der Waals surface area contributed by atoms with Crippen LogP contribution < -0.4 is 0 Å². The van der Waals surface area contributed by atoms with E-state index in [1.165, 1.54) is 13.8 Å². The van der Waals surface area contributed by atoms with E-state index in [0.29, 0.717) is 0 Å². The normalized spacial score (nSPS) is 27.1. The average molecular weight is 252 g/mol. The molecule has 3 atom stereocenters. The van der Waals surface area contributed by atoms with Crippen molar-refractivity contribution in [3.63, 3.8) is 0 Å². The van der Waals surface area contributed by atoms with Crippen molar-refractivity contribution in [3.05, 3.63) is 23.8 Å². The Bertz CT molecular complexity index is 395. The molecule has 0 bridgehead atoms. The molecule has 0 aromatic carbocycles. The lowest BCUT2D eigenvalue weighted by Gasteiger charge is -2.36. The van der Waals surface area contributed by atoms with E-state index in [9.17, 15) is 9.59 Å². The van der Waals surface area contributed by atoms with Crippen molar-refractivity contribution < 1.29 is 19.1 Å². The Morgan fingerprint density at radius 3 is 2.22 bits per heavy atom. The maximum Gasteiger partial charge on any atom is 0.303 e. The Morgan fingerprint density at radius 2 is 1.78 bits per heavy atom. The lowest BCUT2D eigenvalue weighted by Crippen LogP contribution is -2.43. The quantitative estimate of drug-likeness (QED) is 0.571. The number of carbonyl (C=O) groups is 2. The Morgan fingerprint density at radius 1 is 1.22 bits per heavy atom. The van der Waals surface area contributed by atoms with Crippen LogP contribution in [0.25, 0.3) is 0 Å². The van der Waals surface area contributed by atoms with Crippen LogP contribution in [-0.2, 0) is 19.1 Å². The fourth-order valence-electron chi connectivity index (χ4n) is 2.19. The molecule has 0 amide bonds. The van der Waals surface area contributed by atoms with Gasteiger partial charge in [0.2, 0.25) is 0 Å². The van der Waals surface area contributed by atoms with Gasteiger partial charge in [0.15, 0.2) is 6.10 Å². The van der Waals surface area contributed by atoms with Crippen molar-refractivity contribution in [2.24, 2.45) is 5.92 Å². The third-order valence-electron chi connectivity index (χ3n) is 3.07. The van der Waals surface area contributed by atoms with E-state index >= 15 is 0 Å². The largest absolute Gasteiger partial charge is 0.458 e. The summed E-state index contributed by atoms with van der Waals surface area (Å²) in [5, 5.41) is 0. The molecule has 4 heteroatoms. The third-order valence-corrected chi connectivity index (χ3v) is 3.07. The van der Waals surface area contributed by atoms with Gasteiger partial charge in [-0.3, -0.25) is 9.59 Å². The van der Waals surface area contributed by atoms with Gasteiger partial charge in [-0.25, -0.2) is 0 Å². The van der Waals surface area contributed by atoms with Crippen molar-refractivity contribution >= 4 is 11.9 Å². The van der Waals surface area contributed by atoms with E-state index in [1.807, 2.05) is 19.9 Å². The zero-order valence-electron chi connectivity index (χ0n) is 11.4. The monoisotopic (exact) mass is 252 g/mol. The second kappa shape index (κ2) is 5.85. The van der Waals surface area contributed by atoms with E-state index in [0.717, 1.165) is 17.6 Å². The van der Waals surface area contributed by atoms with Crippen molar-refractivity contribution in [3.8, 4) is 0 Å². The van der Waals surface area contributed by atoms with Gasteiger partial charge in [-0.15, -0.1) is 0 Å². The topological polar surface area (TPSA) is 52.6 Å². The Hall–Kier alpha value is -1.58. The molecule has 1 rings (SSSR count). The molecule has 0 radical (unpaired) electrons. The summed E-state index contributed by atoms with van der Waals surface area (Å²) in [7, 11) is 0. The highest BCUT2D eigenvalue weighted by molar-refractivity contribution is 5.68. The molecular formula is C14H20O4. The number of esters is 2. The molecule has 0 heterocycles. The zero-order valence-corrected chi connectivity index (χ0v) is 11.4. The first-order valence-electron chi connectivity index (χ1n) is 5.99. The summed E-state index contributed by atoms with van der Waals surface area (Å²) >= 11 is 0. The summed E-state index contributed by atoms with van der Waals surface area (Å²) in [5.74, 6) is -0.771. The average Bonchev–Trinajstić information content (AvgIpc) is 2.21. The highest BCUT2D eigenvalue weighted by atomic mass is 16.6. The van der Waals surface area contributed by atoms with Gasteiger partial charge in [0.1, 0.15) is 6.10 Å². The molecular weight excluding hydrogens is 232 g/mol. The highest BCUT2D eigenvalue weighted by Crippen LogP contribution is 2.33. The minimum absolute atomic E-state index is 0.0121. The zero-order chi connectivity index (χ0) is 13.9. The summed E-state index contributed by atoms with van der Waals surface area (Å²) < 4.78 is 10.6. The first-order valence-corrected chi connectivity index (χ1v) is 5.99. The van der Waals surface area contributed by atoms with Crippen LogP contribution in [0, 0.1) is 5.92 Å². The first kappa shape index (κ1) is 14.5. The molecule has 0 saturated carbocycles. The maximum atomic E-state index is 11.2. The minimum atomic E-state index is -0.512. The number of hydrogen-bond acceptors (Lipinski definition) is 4. The van der Waals surface area contributed by atoms with Crippen LogP contribution in [0.4, 0.5) is 0 Å². The summed E-state index contributed by atoms with van der Waals surface area (Å²) in [6, 6.07) is 0. The number of ether oxygens (including phenoxy) is 2. The van der Waals surface area contributed by atoms with E-state index in [-0.39, 0.29) is 17.9 Å². The predicted octanol–water partition coefficient (Wildman–Crippen LogP) is 2.39. The molecule has 0 aromatic heterocycles. The molecule has 4 nitrogen and oxygen atoms in total. The second-order valence-corrected chi connectivity index (χ2v) is 4.74. The maximum absolute atomic E-state index is 11.2. The van der Waals surface area contributed by atoms with Crippen molar-refractivity contribution in [1.82, 2.24) is 0 Å². The lowest BCUT2D eigenvalue weighted by atomic mass is 9.81. The standard InChI is InChI=1S/C14H20O4/c1-8(2)12-7-6-9(3)13(17-10(4)15)14(12)18-11(5)16/h6,12-14H,1,7H2,2-5H3. The summed E-state index contributed by atoms with van der Waals surface area (Å²) in [5.41, 5.74) is 1.83. The van der Waals surface area contributed by atoms with Gasteiger partial charge in [0.25, 0.3) is 0 Å². The van der Waals surface area contributed by atoms with Crippen molar-refractivity contribution in [2.45, 2.75) is 46.3 Å². The first-order chi connectivity index (χ1) is 8.32. The van der Waals surface area contributed by atoms with Gasteiger partial charge in [-0.2, -0.15) is 0 Å². The SMILES string of the molecule is C=C(C)C1CC=C(C)C(OC(C)=O)C1OC(C)=O. The van der Waals surface area contributed by atoms with Crippen LogP contribution >= 0.6 is 0 Å². The Kier molecular flexibility index (Phi) is 4.70. The summed E-state index contributed by atoms with van der Waals surface area (Å²) in [6.45, 7) is 10.4. The van der Waals surface area contributed by atoms with Gasteiger partial charge < -0.3 is 9.47 Å². The molecule has 1 aliphatic rings. The van der Waals surface area contributed by atoms with Crippen LogP contribution in [0.3, 0.4) is 0 Å². The molecule has 3 unspecified atom stereocenters.